The van der Waals surface area contributed by atoms with Gasteiger partial charge in [0.05, 0.1) is 18.2 Å². The Hall–Kier alpha value is -1.93. The highest BCUT2D eigenvalue weighted by Gasteiger charge is 2.28. The number of nitrogens with one attached hydrogen (secondary N) is 1. The fourth-order valence-electron chi connectivity index (χ4n) is 3.40. The molecule has 2 N–H and O–H groups in total. The number of carbonyl (C=O) groups excluding carboxylic acids is 2. The van der Waals surface area contributed by atoms with Crippen LogP contribution in [0.4, 0.5) is 0 Å². The third-order valence-corrected chi connectivity index (χ3v) is 5.94. The van der Waals surface area contributed by atoms with Gasteiger partial charge in [-0.3, -0.25) is 9.59 Å². The van der Waals surface area contributed by atoms with Gasteiger partial charge < -0.3 is 15.3 Å². The Labute approximate surface area is 172 Å². The summed E-state index contributed by atoms with van der Waals surface area (Å²) in [7, 11) is 0. The molecule has 0 saturated carbocycles. The fraction of sp³-hybridized carbons (Fsp3) is 0.333. The van der Waals surface area contributed by atoms with Crippen LogP contribution in [0.1, 0.15) is 34.9 Å². The number of aliphatic hydroxyl groups excluding tert-OH is 1. The van der Waals surface area contributed by atoms with E-state index in [1.54, 1.807) is 11.0 Å². The van der Waals surface area contributed by atoms with E-state index in [1.807, 2.05) is 48.5 Å². The first-order valence-corrected chi connectivity index (χ1v) is 10.2. The summed E-state index contributed by atoms with van der Waals surface area (Å²) < 4.78 is 0.857. The molecule has 0 aliphatic carbocycles. The molecule has 3 rings (SSSR count). The lowest BCUT2D eigenvalue weighted by Crippen LogP contribution is -2.44. The van der Waals surface area contributed by atoms with E-state index >= 15 is 0 Å². The first kappa shape index (κ1) is 19.8. The summed E-state index contributed by atoms with van der Waals surface area (Å²) in [6, 6.07) is 16.9. The van der Waals surface area contributed by atoms with Crippen molar-refractivity contribution in [3.63, 3.8) is 0 Å². The van der Waals surface area contributed by atoms with E-state index < -0.39 is 6.10 Å². The third kappa shape index (κ3) is 5.07. The number of amides is 2. The van der Waals surface area contributed by atoms with E-state index in [2.05, 4.69) is 27.9 Å². The molecule has 142 valence electrons. The summed E-state index contributed by atoms with van der Waals surface area (Å²) in [4.78, 5) is 26.4. The molecule has 27 heavy (non-hydrogen) atoms. The number of carbonyl (C=O) groups is 2. The van der Waals surface area contributed by atoms with Crippen LogP contribution in [0.15, 0.2) is 54.6 Å². The zero-order valence-electron chi connectivity index (χ0n) is 15.0. The molecule has 1 atom stereocenters. The number of rotatable bonds is 5. The SMILES string of the molecule is O=C(NCC(=O)N1CCC(C(O)c2ccccc2)CC1)c1ccccc1I. The number of aliphatic hydroxyl groups is 1. The molecule has 1 fully saturated rings. The molecule has 1 aliphatic rings. The lowest BCUT2D eigenvalue weighted by Gasteiger charge is -2.34. The largest absolute Gasteiger partial charge is 0.388 e. The molecular weight excluding hydrogens is 455 g/mol. The zero-order chi connectivity index (χ0) is 19.2. The molecule has 0 spiro atoms. The van der Waals surface area contributed by atoms with Gasteiger partial charge in [0.2, 0.25) is 5.91 Å². The second-order valence-corrected chi connectivity index (χ2v) is 7.90. The Morgan fingerprint density at radius 3 is 2.37 bits per heavy atom. The summed E-state index contributed by atoms with van der Waals surface area (Å²) in [5.74, 6) is -0.165. The summed E-state index contributed by atoms with van der Waals surface area (Å²) in [6.07, 6.45) is 1.02. The van der Waals surface area contributed by atoms with Crippen molar-refractivity contribution < 1.29 is 14.7 Å². The minimum atomic E-state index is -0.497. The van der Waals surface area contributed by atoms with E-state index in [0.717, 1.165) is 22.0 Å². The van der Waals surface area contributed by atoms with Crippen LogP contribution in [0.25, 0.3) is 0 Å². The molecule has 2 aromatic carbocycles. The topological polar surface area (TPSA) is 69.6 Å². The maximum absolute atomic E-state index is 12.4. The van der Waals surface area contributed by atoms with Crippen LogP contribution >= 0.6 is 22.6 Å². The quantitative estimate of drug-likeness (QED) is 0.650. The van der Waals surface area contributed by atoms with Gasteiger partial charge in [0.1, 0.15) is 0 Å². The van der Waals surface area contributed by atoms with Crippen molar-refractivity contribution >= 4 is 34.4 Å². The van der Waals surface area contributed by atoms with Gasteiger partial charge in [-0.15, -0.1) is 0 Å². The first-order chi connectivity index (χ1) is 13.1. The highest BCUT2D eigenvalue weighted by atomic mass is 127. The number of likely N-dealkylation sites (tertiary alicyclic amines) is 1. The highest BCUT2D eigenvalue weighted by molar-refractivity contribution is 14.1. The summed E-state index contributed by atoms with van der Waals surface area (Å²) in [5.41, 5.74) is 1.50. The highest BCUT2D eigenvalue weighted by Crippen LogP contribution is 2.30. The number of piperidine rings is 1. The van der Waals surface area contributed by atoms with Crippen LogP contribution in [0.3, 0.4) is 0 Å². The maximum atomic E-state index is 12.4. The average Bonchev–Trinajstić information content (AvgIpc) is 2.72. The van der Waals surface area contributed by atoms with Gasteiger partial charge >= 0.3 is 0 Å². The summed E-state index contributed by atoms with van der Waals surface area (Å²) in [5, 5.41) is 13.2. The lowest BCUT2D eigenvalue weighted by atomic mass is 9.87. The standard InChI is InChI=1S/C21H23IN2O3/c22-18-9-5-4-8-17(18)21(27)23-14-19(25)24-12-10-16(11-13-24)20(26)15-6-2-1-3-7-15/h1-9,16,20,26H,10-14H2,(H,23,27). The fourth-order valence-corrected chi connectivity index (χ4v) is 4.03. The Bertz CT molecular complexity index is 789. The normalized spacial score (nSPS) is 16.0. The van der Waals surface area contributed by atoms with E-state index in [4.69, 9.17) is 0 Å². The van der Waals surface area contributed by atoms with Crippen LogP contribution in [-0.2, 0) is 4.79 Å². The van der Waals surface area contributed by atoms with Crippen molar-refractivity contribution in [2.45, 2.75) is 18.9 Å². The summed E-state index contributed by atoms with van der Waals surface area (Å²) >= 11 is 2.11. The van der Waals surface area contributed by atoms with Crippen LogP contribution < -0.4 is 5.32 Å². The smallest absolute Gasteiger partial charge is 0.252 e. The number of benzene rings is 2. The monoisotopic (exact) mass is 478 g/mol. The molecular formula is C21H23IN2O3. The Morgan fingerprint density at radius 1 is 1.07 bits per heavy atom. The van der Waals surface area contributed by atoms with Crippen LogP contribution in [-0.4, -0.2) is 41.5 Å². The number of hydrogen-bond donors (Lipinski definition) is 2. The van der Waals surface area contributed by atoms with Crippen LogP contribution in [0, 0.1) is 9.49 Å². The minimum Gasteiger partial charge on any atom is -0.388 e. The lowest BCUT2D eigenvalue weighted by molar-refractivity contribution is -0.132. The molecule has 1 saturated heterocycles. The molecule has 1 heterocycles. The maximum Gasteiger partial charge on any atom is 0.252 e. The molecule has 1 aliphatic heterocycles. The van der Waals surface area contributed by atoms with Gasteiger partial charge in [-0.2, -0.15) is 0 Å². The number of halogens is 1. The van der Waals surface area contributed by atoms with Crippen molar-refractivity contribution in [1.82, 2.24) is 10.2 Å². The van der Waals surface area contributed by atoms with Gasteiger partial charge in [0.25, 0.3) is 5.91 Å². The van der Waals surface area contributed by atoms with Gasteiger partial charge in [0.15, 0.2) is 0 Å². The Kier molecular flexibility index (Phi) is 6.84. The van der Waals surface area contributed by atoms with Crippen molar-refractivity contribution in [2.24, 2.45) is 5.92 Å². The predicted molar refractivity (Wildman–Crippen MR) is 112 cm³/mol. The number of nitrogens with zero attached hydrogens (tertiary/aromatic N) is 1. The van der Waals surface area contributed by atoms with Crippen molar-refractivity contribution in [1.29, 1.82) is 0 Å². The van der Waals surface area contributed by atoms with Gasteiger partial charge in [-0.1, -0.05) is 42.5 Å². The van der Waals surface area contributed by atoms with Crippen LogP contribution in [0.5, 0.6) is 0 Å². The first-order valence-electron chi connectivity index (χ1n) is 9.10. The Balaban J connectivity index is 1.47. The summed E-state index contributed by atoms with van der Waals surface area (Å²) in [6.45, 7) is 1.20. The van der Waals surface area contributed by atoms with Gasteiger partial charge in [0, 0.05) is 16.7 Å². The van der Waals surface area contributed by atoms with Crippen molar-refractivity contribution in [3.05, 3.63) is 69.3 Å². The molecule has 0 radical (unpaired) electrons. The minimum absolute atomic E-state index is 0.00425. The Morgan fingerprint density at radius 2 is 1.70 bits per heavy atom. The van der Waals surface area contributed by atoms with Crippen LogP contribution in [0.2, 0.25) is 0 Å². The molecule has 0 bridgehead atoms. The average molecular weight is 478 g/mol. The zero-order valence-corrected chi connectivity index (χ0v) is 17.1. The van der Waals surface area contributed by atoms with Crippen molar-refractivity contribution in [2.75, 3.05) is 19.6 Å². The molecule has 5 nitrogen and oxygen atoms in total. The van der Waals surface area contributed by atoms with Gasteiger partial charge in [-0.25, -0.2) is 0 Å². The van der Waals surface area contributed by atoms with E-state index in [0.29, 0.717) is 18.7 Å². The number of hydrogen-bond acceptors (Lipinski definition) is 3. The molecule has 2 amide bonds. The second kappa shape index (κ2) is 9.32. The molecule has 2 aromatic rings. The van der Waals surface area contributed by atoms with E-state index in [-0.39, 0.29) is 24.3 Å². The third-order valence-electron chi connectivity index (χ3n) is 5.00. The molecule has 6 heteroatoms. The molecule has 1 unspecified atom stereocenters. The molecule has 0 aromatic heterocycles. The second-order valence-electron chi connectivity index (χ2n) is 6.74. The predicted octanol–water partition coefficient (Wildman–Crippen LogP) is 2.99. The van der Waals surface area contributed by atoms with Crippen molar-refractivity contribution in [3.8, 4) is 0 Å². The van der Waals surface area contributed by atoms with E-state index in [1.165, 1.54) is 0 Å². The van der Waals surface area contributed by atoms with Gasteiger partial charge in [-0.05, 0) is 59.0 Å². The van der Waals surface area contributed by atoms with E-state index in [9.17, 15) is 14.7 Å².